The van der Waals surface area contributed by atoms with Crippen LogP contribution in [0.1, 0.15) is 228 Å². The van der Waals surface area contributed by atoms with Crippen molar-refractivity contribution in [3.63, 3.8) is 0 Å². The second-order valence-electron chi connectivity index (χ2n) is 39.1. The van der Waals surface area contributed by atoms with Crippen LogP contribution >= 0.6 is 53.2 Å². The maximum Gasteiger partial charge on any atom is 0.306 e. The molecule has 5 saturated carbocycles. The summed E-state index contributed by atoms with van der Waals surface area (Å²) in [6, 6.07) is 12.4. The summed E-state index contributed by atoms with van der Waals surface area (Å²) >= 11 is 17.0. The number of halogens is 4. The molecular weight excluding hydrogens is 1750 g/mol. The summed E-state index contributed by atoms with van der Waals surface area (Å²) in [6.45, 7) is 22.2. The van der Waals surface area contributed by atoms with Gasteiger partial charge in [-0.2, -0.15) is 0 Å². The predicted molar refractivity (Wildman–Crippen MR) is 497 cm³/mol. The molecule has 129 heavy (non-hydrogen) atoms. The molecule has 0 spiro atoms. The Labute approximate surface area is 774 Å². The van der Waals surface area contributed by atoms with Gasteiger partial charge in [0.05, 0.1) is 109 Å². The quantitative estimate of drug-likeness (QED) is 0.0312. The number of rotatable bonds is 30. The number of fused-ring (bicyclic) bond motifs is 5. The molecule has 4 aliphatic heterocycles. The summed E-state index contributed by atoms with van der Waals surface area (Å²) in [5, 5.41) is 9.32. The van der Waals surface area contributed by atoms with E-state index in [1.165, 1.54) is 35.8 Å². The summed E-state index contributed by atoms with van der Waals surface area (Å²) < 4.78 is 87.4. The molecule has 3 aromatic carbocycles. The van der Waals surface area contributed by atoms with Crippen LogP contribution in [0.15, 0.2) is 65.4 Å². The zero-order chi connectivity index (χ0) is 90.8. The second kappa shape index (κ2) is 41.4. The number of hydrogen-bond donors (Lipinski definition) is 2. The first kappa shape index (κ1) is 97.2. The van der Waals surface area contributed by atoms with Gasteiger partial charge in [0.2, 0.25) is 19.2 Å². The molecular formula is C98H127Cl2F2N8O16PS2. The molecule has 3 unspecified atom stereocenters. The number of thiazole rings is 2. The van der Waals surface area contributed by atoms with Crippen LogP contribution in [-0.2, 0) is 64.9 Å². The standard InChI is InChI=1S/C49H65ClN4O8S.C48H58ClF2N4O8PS.CH4/c1-8-32-24-49(32,29(4)55)25-40(56)39-21-34(26-54(39)47(58)36(48(5,6)7)22-44(57)62-33-19-30-18-31(30)20-33)61-42-23-37(38-27-63-43(51-38)17-28(2)3)52-46-35(42)9-10-41(45(46)50)60-16-13-53-11-14-59-15-12-53;1-28(2)52-47-54-38(27-65-47)37-22-42(33-18-19-41(61-3)44(49)45(33)53-37)62-32-21-39-40(56)24-48(64(59,60)26-34-35(50)16-11-17-36(34)51)23-30(48)13-8-6-4-5-7-12-29(46(58)55(39)25-32)20-43(57)63-31-14-9-10-15-31;/h9-10,23,27-28,30-34,36,39H,8,11-22,24-26H2,1-7H3;11,16-19,22,27-32,39H,4-10,12-15,20-21,23-26H2,1-3H3,(H,52,54)(H,59,60);1H4/t30-,31+,32?,33?,34-,36-,39+,49+;29-,30-,32-,39+,48-;/m11./s1. The van der Waals surface area contributed by atoms with E-state index in [0.29, 0.717) is 141 Å². The molecule has 0 radical (unpaired) electrons. The Morgan fingerprint density at radius 2 is 1.33 bits per heavy atom. The fourth-order valence-corrected chi connectivity index (χ4v) is 25.6. The predicted octanol–water partition coefficient (Wildman–Crippen LogP) is 20.2. The van der Waals surface area contributed by atoms with Gasteiger partial charge in [0.15, 0.2) is 16.7 Å². The third-order valence-corrected chi connectivity index (χ3v) is 33.3. The molecule has 16 rings (SSSR count). The Balaban J connectivity index is 0.000000207. The lowest BCUT2D eigenvalue weighted by molar-refractivity contribution is -0.156. The number of methoxy groups -OCH3 is 1. The van der Waals surface area contributed by atoms with Crippen molar-refractivity contribution in [2.75, 3.05) is 65.0 Å². The fourth-order valence-electron chi connectivity index (χ4n) is 20.6. The molecule has 2 amide bonds. The van der Waals surface area contributed by atoms with Gasteiger partial charge in [0, 0.05) is 108 Å². The van der Waals surface area contributed by atoms with Crippen LogP contribution in [0.3, 0.4) is 0 Å². The Kier molecular flexibility index (Phi) is 31.2. The molecule has 24 nitrogen and oxygen atoms in total. The van der Waals surface area contributed by atoms with Crippen molar-refractivity contribution >= 4 is 121 Å². The number of carbonyl (C=O) groups excluding carboxylic acids is 7. The highest BCUT2D eigenvalue weighted by Gasteiger charge is 2.66. The molecule has 0 bridgehead atoms. The van der Waals surface area contributed by atoms with E-state index in [2.05, 4.69) is 24.1 Å². The summed E-state index contributed by atoms with van der Waals surface area (Å²) in [5.41, 5.74) is 1.45. The average molecular weight is 1880 g/mol. The number of hydrogen-bond acceptors (Lipinski definition) is 23. The molecule has 14 atom stereocenters. The van der Waals surface area contributed by atoms with Gasteiger partial charge >= 0.3 is 11.9 Å². The zero-order valence-electron chi connectivity index (χ0n) is 75.2. The number of aromatic nitrogens is 4. The van der Waals surface area contributed by atoms with Crippen LogP contribution in [-0.4, -0.2) is 188 Å². The van der Waals surface area contributed by atoms with Crippen LogP contribution in [0.4, 0.5) is 13.9 Å². The molecule has 9 aliphatic rings. The van der Waals surface area contributed by atoms with Crippen molar-refractivity contribution in [3.8, 4) is 45.8 Å². The molecule has 4 saturated heterocycles. The minimum absolute atomic E-state index is 0. The maximum absolute atomic E-state index is 15.0. The first-order valence-electron chi connectivity index (χ1n) is 46.2. The SMILES string of the molecule is C.CCC1C[C@]1(CC(=O)[C@@H]1C[C@@H](Oc2cc(-c3csc(CC(C)C)n3)nc3c(Cl)c(OCCN4CCOCC4)ccc23)CN1C(=O)[C@@H](CC(=O)OC1C[C@@H]2C[C@@H]2C1)C(C)(C)C)C(C)=O.COc1ccc2c(O[C@@H]3C[C@H]4C(=O)C[C@]5(P(=O)(O)Cc6c(F)cccc6F)C[C@H]5CCCCCCC[C@H](CC(=O)OC5CCCC5)C(=O)N4C3)cc(-c3csc(NC(C)C)n3)nc2c1Cl. The van der Waals surface area contributed by atoms with Gasteiger partial charge in [0.1, 0.15) is 87.2 Å². The third kappa shape index (κ3) is 22.5. The van der Waals surface area contributed by atoms with E-state index in [1.807, 2.05) is 70.5 Å². The molecule has 9 fully saturated rings. The smallest absolute Gasteiger partial charge is 0.306 e. The number of morpholine rings is 1. The van der Waals surface area contributed by atoms with Crippen molar-refractivity contribution in [2.45, 2.75) is 278 Å². The number of amides is 2. The number of anilines is 1. The Hall–Kier alpha value is -7.82. The summed E-state index contributed by atoms with van der Waals surface area (Å²) in [7, 11) is -2.93. The van der Waals surface area contributed by atoms with E-state index in [9.17, 15) is 43.0 Å². The number of benzene rings is 3. The van der Waals surface area contributed by atoms with E-state index in [1.54, 1.807) is 41.4 Å². The van der Waals surface area contributed by atoms with Gasteiger partial charge in [-0.15, -0.1) is 22.7 Å². The van der Waals surface area contributed by atoms with Gasteiger partial charge in [0.25, 0.3) is 0 Å². The Morgan fingerprint density at radius 1 is 0.721 bits per heavy atom. The summed E-state index contributed by atoms with van der Waals surface area (Å²) in [4.78, 5) is 137. The van der Waals surface area contributed by atoms with Gasteiger partial charge in [-0.3, -0.25) is 43.0 Å². The highest BCUT2D eigenvalue weighted by atomic mass is 35.5. The van der Waals surface area contributed by atoms with Crippen molar-refractivity contribution in [3.05, 3.63) is 97.6 Å². The zero-order valence-corrected chi connectivity index (χ0v) is 79.3. The summed E-state index contributed by atoms with van der Waals surface area (Å²) in [5.74, 6) is -2.02. The average Bonchev–Trinajstić information content (AvgIpc) is 1.60. The molecule has 700 valence electrons. The van der Waals surface area contributed by atoms with E-state index in [4.69, 9.17) is 76.3 Å². The van der Waals surface area contributed by atoms with Crippen LogP contribution in [0.5, 0.6) is 23.0 Å². The first-order chi connectivity index (χ1) is 61.2. The van der Waals surface area contributed by atoms with Crippen LogP contribution in [0, 0.1) is 63.9 Å². The van der Waals surface area contributed by atoms with Crippen molar-refractivity contribution in [2.24, 2.45) is 52.3 Å². The van der Waals surface area contributed by atoms with Crippen molar-refractivity contribution < 1.29 is 85.0 Å². The van der Waals surface area contributed by atoms with Gasteiger partial charge in [-0.25, -0.2) is 28.7 Å². The molecule has 5 aliphatic carbocycles. The number of ether oxygens (including phenoxy) is 7. The highest BCUT2D eigenvalue weighted by Crippen LogP contribution is 2.75. The first-order valence-corrected chi connectivity index (χ1v) is 50.6. The van der Waals surface area contributed by atoms with Crippen molar-refractivity contribution in [1.82, 2.24) is 34.6 Å². The van der Waals surface area contributed by atoms with E-state index in [-0.39, 0.29) is 130 Å². The van der Waals surface area contributed by atoms with Crippen LogP contribution in [0.2, 0.25) is 10.0 Å². The number of esters is 2. The lowest BCUT2D eigenvalue weighted by Gasteiger charge is -2.35. The van der Waals surface area contributed by atoms with Crippen molar-refractivity contribution in [1.29, 1.82) is 0 Å². The number of Topliss-reactive ketones (excluding diaryl/α,β-unsaturated/α-hetero) is 3. The number of pyridine rings is 2. The Bertz CT molecular complexity index is 5280. The lowest BCUT2D eigenvalue weighted by atomic mass is 9.77. The topological polar surface area (TPSA) is 295 Å². The molecule has 31 heteroatoms. The molecule has 4 aromatic heterocycles. The molecule has 2 N–H and O–H groups in total. The van der Waals surface area contributed by atoms with Gasteiger partial charge in [-0.05, 0) is 163 Å². The fraction of sp³-hybridized carbons (Fsp3) is 0.622. The van der Waals surface area contributed by atoms with Crippen LogP contribution < -0.4 is 24.3 Å². The van der Waals surface area contributed by atoms with E-state index >= 15 is 8.78 Å². The van der Waals surface area contributed by atoms with E-state index < -0.39 is 94.6 Å². The Morgan fingerprint density at radius 3 is 1.96 bits per heavy atom. The highest BCUT2D eigenvalue weighted by molar-refractivity contribution is 7.59. The second-order valence-corrected chi connectivity index (χ2v) is 44.2. The van der Waals surface area contributed by atoms with Gasteiger partial charge < -0.3 is 53.2 Å². The third-order valence-electron chi connectivity index (χ3n) is 28.1. The number of ketones is 3. The van der Waals surface area contributed by atoms with Gasteiger partial charge in [-0.1, -0.05) is 117 Å². The molecule has 8 heterocycles. The lowest BCUT2D eigenvalue weighted by Crippen LogP contribution is -2.48. The normalized spacial score (nSPS) is 26.1. The monoisotopic (exact) mass is 1870 g/mol. The maximum atomic E-state index is 15.0. The largest absolute Gasteiger partial charge is 0.495 e. The minimum Gasteiger partial charge on any atom is -0.495 e. The van der Waals surface area contributed by atoms with Crippen LogP contribution in [0.25, 0.3) is 44.6 Å². The number of carbonyl (C=O) groups is 7. The minimum atomic E-state index is -4.44. The number of nitrogens with zero attached hydrogens (tertiary/aromatic N) is 7. The van der Waals surface area contributed by atoms with E-state index in [0.717, 1.165) is 114 Å². The summed E-state index contributed by atoms with van der Waals surface area (Å²) in [6.07, 6.45) is 11.5. The number of likely N-dealkylation sites (tertiary alicyclic amines) is 1. The molecule has 7 aromatic rings. The number of nitrogens with one attached hydrogen (secondary N) is 1.